The molecule has 6 nitrogen and oxygen atoms in total. The van der Waals surface area contributed by atoms with E-state index >= 15 is 0 Å². The van der Waals surface area contributed by atoms with Crippen LogP contribution in [0.25, 0.3) is 16.7 Å². The van der Waals surface area contributed by atoms with E-state index in [2.05, 4.69) is 30.3 Å². The number of fused-ring (bicyclic) bond motifs is 1. The van der Waals surface area contributed by atoms with Crippen molar-refractivity contribution in [1.29, 1.82) is 0 Å². The zero-order valence-electron chi connectivity index (χ0n) is 18.2. The molecule has 0 saturated heterocycles. The second-order valence-electron chi connectivity index (χ2n) is 7.96. The van der Waals surface area contributed by atoms with Crippen molar-refractivity contribution in [3.8, 4) is 11.6 Å². The summed E-state index contributed by atoms with van der Waals surface area (Å²) in [5.74, 6) is 2.04. The minimum Gasteiger partial charge on any atom is -0.484 e. The van der Waals surface area contributed by atoms with E-state index in [4.69, 9.17) is 9.72 Å². The first kappa shape index (κ1) is 20.6. The van der Waals surface area contributed by atoms with Gasteiger partial charge in [-0.25, -0.2) is 4.98 Å². The fraction of sp³-hybridized carbons (Fsp3) is 0.240. The highest BCUT2D eigenvalue weighted by atomic mass is 16.5. The average molecular weight is 415 g/mol. The Bertz CT molecular complexity index is 1240. The second kappa shape index (κ2) is 8.60. The number of benzene rings is 2. The summed E-state index contributed by atoms with van der Waals surface area (Å²) in [6.45, 7) is 8.08. The number of para-hydroxylation sites is 1. The lowest BCUT2D eigenvalue weighted by Gasteiger charge is -2.12. The summed E-state index contributed by atoms with van der Waals surface area (Å²) in [7, 11) is 0. The number of carbonyl (C=O) groups is 1. The summed E-state index contributed by atoms with van der Waals surface area (Å²) in [5.41, 5.74) is 3.94. The molecule has 2 aromatic carbocycles. The Kier molecular flexibility index (Phi) is 5.71. The number of hydrogen-bond donors (Lipinski definition) is 1. The number of pyridine rings is 1. The molecule has 1 N–H and O–H groups in total. The van der Waals surface area contributed by atoms with E-state index < -0.39 is 0 Å². The van der Waals surface area contributed by atoms with Crippen LogP contribution in [0.2, 0.25) is 0 Å². The van der Waals surface area contributed by atoms with E-state index in [-0.39, 0.29) is 12.5 Å². The zero-order valence-corrected chi connectivity index (χ0v) is 18.2. The normalized spacial score (nSPS) is 11.1. The Morgan fingerprint density at radius 1 is 1.06 bits per heavy atom. The molecule has 0 aliphatic carbocycles. The number of ether oxygens (including phenoxy) is 1. The van der Waals surface area contributed by atoms with Crippen LogP contribution in [-0.4, -0.2) is 27.3 Å². The number of amides is 1. The number of anilines is 1. The van der Waals surface area contributed by atoms with Gasteiger partial charge in [-0.1, -0.05) is 44.2 Å². The van der Waals surface area contributed by atoms with Gasteiger partial charge in [-0.05, 0) is 55.2 Å². The Labute approximate surface area is 181 Å². The topological polar surface area (TPSA) is 69.0 Å². The van der Waals surface area contributed by atoms with Crippen molar-refractivity contribution in [2.75, 3.05) is 11.9 Å². The van der Waals surface area contributed by atoms with Crippen molar-refractivity contribution in [3.05, 3.63) is 77.5 Å². The number of nitrogens with zero attached hydrogens (tertiary/aromatic N) is 3. The van der Waals surface area contributed by atoms with Gasteiger partial charge in [0.2, 0.25) is 0 Å². The van der Waals surface area contributed by atoms with Crippen LogP contribution >= 0.6 is 0 Å². The smallest absolute Gasteiger partial charge is 0.263 e. The summed E-state index contributed by atoms with van der Waals surface area (Å²) in [6, 6.07) is 19.6. The Morgan fingerprint density at radius 3 is 2.68 bits per heavy atom. The highest BCUT2D eigenvalue weighted by molar-refractivity contribution is 5.91. The van der Waals surface area contributed by atoms with Crippen LogP contribution in [0.1, 0.15) is 36.6 Å². The predicted octanol–water partition coefficient (Wildman–Crippen LogP) is 5.18. The van der Waals surface area contributed by atoms with Crippen LogP contribution in [0.4, 0.5) is 5.82 Å². The molecule has 0 aliphatic rings. The molecule has 0 spiro atoms. The van der Waals surface area contributed by atoms with Crippen molar-refractivity contribution in [2.45, 2.75) is 33.6 Å². The number of rotatable bonds is 6. The van der Waals surface area contributed by atoms with Crippen LogP contribution in [0.3, 0.4) is 0 Å². The van der Waals surface area contributed by atoms with Crippen molar-refractivity contribution in [2.24, 2.45) is 0 Å². The van der Waals surface area contributed by atoms with Crippen molar-refractivity contribution in [1.82, 2.24) is 14.8 Å². The molecule has 6 heteroatoms. The quantitative estimate of drug-likeness (QED) is 0.472. The standard InChI is InChI=1S/C25H26N4O2/c1-16(2)19-8-7-9-20(14-19)31-15-25(30)27-24-13-18(4)28-29(24)23-12-17(3)21-10-5-6-11-22(21)26-23/h5-14,16H,15H2,1-4H3,(H,27,30). The third-order valence-electron chi connectivity index (χ3n) is 5.12. The molecule has 4 rings (SSSR count). The third kappa shape index (κ3) is 4.58. The maximum absolute atomic E-state index is 12.6. The Balaban J connectivity index is 1.53. The summed E-state index contributed by atoms with van der Waals surface area (Å²) in [6.07, 6.45) is 0. The molecule has 0 bridgehead atoms. The molecular weight excluding hydrogens is 388 g/mol. The minimum absolute atomic E-state index is 0.0873. The van der Waals surface area contributed by atoms with E-state index in [0.29, 0.717) is 23.3 Å². The molecule has 4 aromatic rings. The lowest BCUT2D eigenvalue weighted by Crippen LogP contribution is -2.22. The molecular formula is C25H26N4O2. The van der Waals surface area contributed by atoms with E-state index in [1.165, 1.54) is 5.56 Å². The van der Waals surface area contributed by atoms with Gasteiger partial charge in [0, 0.05) is 11.5 Å². The Morgan fingerprint density at radius 2 is 1.87 bits per heavy atom. The van der Waals surface area contributed by atoms with Gasteiger partial charge in [-0.15, -0.1) is 0 Å². The molecule has 0 aliphatic heterocycles. The fourth-order valence-corrected chi connectivity index (χ4v) is 3.49. The molecule has 0 atom stereocenters. The van der Waals surface area contributed by atoms with E-state index in [9.17, 15) is 4.79 Å². The van der Waals surface area contributed by atoms with E-state index in [1.54, 1.807) is 4.68 Å². The maximum atomic E-state index is 12.6. The van der Waals surface area contributed by atoms with E-state index in [0.717, 1.165) is 22.2 Å². The molecule has 1 amide bonds. The van der Waals surface area contributed by atoms with Gasteiger partial charge in [0.05, 0.1) is 11.2 Å². The lowest BCUT2D eigenvalue weighted by atomic mass is 10.0. The van der Waals surface area contributed by atoms with Crippen molar-refractivity contribution < 1.29 is 9.53 Å². The van der Waals surface area contributed by atoms with Gasteiger partial charge in [-0.3, -0.25) is 4.79 Å². The van der Waals surface area contributed by atoms with Gasteiger partial charge in [0.1, 0.15) is 11.6 Å². The monoisotopic (exact) mass is 414 g/mol. The molecule has 2 aromatic heterocycles. The summed E-state index contributed by atoms with van der Waals surface area (Å²) >= 11 is 0. The summed E-state index contributed by atoms with van der Waals surface area (Å²) in [5, 5.41) is 8.53. The first-order valence-corrected chi connectivity index (χ1v) is 10.4. The number of hydrogen-bond acceptors (Lipinski definition) is 4. The number of aryl methyl sites for hydroxylation is 2. The van der Waals surface area contributed by atoms with Gasteiger partial charge in [0.15, 0.2) is 12.4 Å². The van der Waals surface area contributed by atoms with Crippen molar-refractivity contribution in [3.63, 3.8) is 0 Å². The van der Waals surface area contributed by atoms with Crippen molar-refractivity contribution >= 4 is 22.6 Å². The fourth-order valence-electron chi connectivity index (χ4n) is 3.49. The van der Waals surface area contributed by atoms with E-state index in [1.807, 2.05) is 68.4 Å². The average Bonchev–Trinajstić information content (AvgIpc) is 3.12. The maximum Gasteiger partial charge on any atom is 0.263 e. The first-order valence-electron chi connectivity index (χ1n) is 10.4. The zero-order chi connectivity index (χ0) is 22.0. The van der Waals surface area contributed by atoms with Crippen LogP contribution in [-0.2, 0) is 4.79 Å². The van der Waals surface area contributed by atoms with Crippen LogP contribution in [0.15, 0.2) is 60.7 Å². The summed E-state index contributed by atoms with van der Waals surface area (Å²) < 4.78 is 7.36. The molecule has 0 saturated carbocycles. The van der Waals surface area contributed by atoms with Gasteiger partial charge in [-0.2, -0.15) is 9.78 Å². The molecule has 158 valence electrons. The Hall–Kier alpha value is -3.67. The molecule has 0 fully saturated rings. The number of aromatic nitrogens is 3. The van der Waals surface area contributed by atoms with Crippen LogP contribution < -0.4 is 10.1 Å². The second-order valence-corrected chi connectivity index (χ2v) is 7.96. The molecule has 0 unspecified atom stereocenters. The van der Waals surface area contributed by atoms with Crippen LogP contribution in [0, 0.1) is 13.8 Å². The minimum atomic E-state index is -0.256. The number of carbonyl (C=O) groups excluding carboxylic acids is 1. The lowest BCUT2D eigenvalue weighted by molar-refractivity contribution is -0.118. The largest absolute Gasteiger partial charge is 0.484 e. The summed E-state index contributed by atoms with van der Waals surface area (Å²) in [4.78, 5) is 17.3. The molecule has 2 heterocycles. The third-order valence-corrected chi connectivity index (χ3v) is 5.12. The molecule has 0 radical (unpaired) electrons. The predicted molar refractivity (Wildman–Crippen MR) is 123 cm³/mol. The van der Waals surface area contributed by atoms with Crippen LogP contribution in [0.5, 0.6) is 5.75 Å². The number of nitrogens with one attached hydrogen (secondary N) is 1. The van der Waals surface area contributed by atoms with Gasteiger partial charge < -0.3 is 10.1 Å². The molecule has 31 heavy (non-hydrogen) atoms. The highest BCUT2D eigenvalue weighted by Crippen LogP contribution is 2.23. The highest BCUT2D eigenvalue weighted by Gasteiger charge is 2.14. The van der Waals surface area contributed by atoms with Gasteiger partial charge >= 0.3 is 0 Å². The van der Waals surface area contributed by atoms with Gasteiger partial charge in [0.25, 0.3) is 5.91 Å². The SMILES string of the molecule is Cc1cc(NC(=O)COc2cccc(C(C)C)c2)n(-c2cc(C)c3ccccc3n2)n1. The first-order chi connectivity index (χ1) is 14.9.